The van der Waals surface area contributed by atoms with Crippen LogP contribution in [0.1, 0.15) is 29.6 Å². The standard InChI is InChI=1S/C15H19NO4/c17-15(16-10-11-4-2-7-18-11)12-5-1-6-13-14(12)20-9-3-8-19-13/h1,5-6,11H,2-4,7-10H2,(H,16,17)/t11-/m1/s1. The van der Waals surface area contributed by atoms with Gasteiger partial charge in [-0.2, -0.15) is 0 Å². The first-order chi connectivity index (χ1) is 9.84. The topological polar surface area (TPSA) is 56.8 Å². The van der Waals surface area contributed by atoms with Gasteiger partial charge in [-0.25, -0.2) is 0 Å². The molecule has 2 heterocycles. The average Bonchev–Trinajstić information content (AvgIpc) is 2.87. The maximum atomic E-state index is 12.3. The number of para-hydroxylation sites is 1. The van der Waals surface area contributed by atoms with Crippen molar-refractivity contribution >= 4 is 5.91 Å². The molecule has 1 amide bonds. The van der Waals surface area contributed by atoms with Crippen LogP contribution in [0.3, 0.4) is 0 Å². The third kappa shape index (κ3) is 2.88. The van der Waals surface area contributed by atoms with E-state index < -0.39 is 0 Å². The minimum atomic E-state index is -0.136. The summed E-state index contributed by atoms with van der Waals surface area (Å²) in [6.45, 7) is 2.53. The van der Waals surface area contributed by atoms with Crippen molar-refractivity contribution in [3.63, 3.8) is 0 Å². The van der Waals surface area contributed by atoms with Crippen LogP contribution >= 0.6 is 0 Å². The zero-order valence-corrected chi connectivity index (χ0v) is 11.4. The molecule has 0 unspecified atom stereocenters. The SMILES string of the molecule is O=C(NC[C@H]1CCCO1)c1cccc2c1OCCCO2. The van der Waals surface area contributed by atoms with E-state index in [1.807, 2.05) is 12.1 Å². The number of benzene rings is 1. The van der Waals surface area contributed by atoms with E-state index in [1.165, 1.54) is 0 Å². The Bertz CT molecular complexity index is 483. The fourth-order valence-electron chi connectivity index (χ4n) is 2.48. The molecule has 1 aromatic carbocycles. The summed E-state index contributed by atoms with van der Waals surface area (Å²) >= 11 is 0. The van der Waals surface area contributed by atoms with Crippen molar-refractivity contribution in [2.45, 2.75) is 25.4 Å². The summed E-state index contributed by atoms with van der Waals surface area (Å²) in [6, 6.07) is 5.41. The molecular weight excluding hydrogens is 258 g/mol. The quantitative estimate of drug-likeness (QED) is 0.914. The molecule has 1 atom stereocenters. The number of hydrogen-bond donors (Lipinski definition) is 1. The van der Waals surface area contributed by atoms with Gasteiger partial charge < -0.3 is 19.5 Å². The highest BCUT2D eigenvalue weighted by Gasteiger charge is 2.21. The molecule has 0 spiro atoms. The van der Waals surface area contributed by atoms with Gasteiger partial charge in [0.2, 0.25) is 0 Å². The van der Waals surface area contributed by atoms with Gasteiger partial charge in [0.1, 0.15) is 0 Å². The van der Waals surface area contributed by atoms with Crippen LogP contribution in [-0.2, 0) is 4.74 Å². The molecule has 1 saturated heterocycles. The number of ether oxygens (including phenoxy) is 3. The molecule has 5 heteroatoms. The van der Waals surface area contributed by atoms with Crippen molar-refractivity contribution in [2.24, 2.45) is 0 Å². The third-order valence-electron chi connectivity index (χ3n) is 3.53. The molecule has 0 saturated carbocycles. The van der Waals surface area contributed by atoms with E-state index in [-0.39, 0.29) is 12.0 Å². The van der Waals surface area contributed by atoms with E-state index in [9.17, 15) is 4.79 Å². The largest absolute Gasteiger partial charge is 0.490 e. The van der Waals surface area contributed by atoms with Crippen molar-refractivity contribution in [2.75, 3.05) is 26.4 Å². The normalized spacial score (nSPS) is 21.3. The van der Waals surface area contributed by atoms with Crippen LogP contribution in [0.5, 0.6) is 11.5 Å². The number of hydrogen-bond acceptors (Lipinski definition) is 4. The van der Waals surface area contributed by atoms with E-state index in [4.69, 9.17) is 14.2 Å². The lowest BCUT2D eigenvalue weighted by atomic mass is 10.1. The molecule has 0 bridgehead atoms. The molecule has 1 N–H and O–H groups in total. The fraction of sp³-hybridized carbons (Fsp3) is 0.533. The monoisotopic (exact) mass is 277 g/mol. The lowest BCUT2D eigenvalue weighted by Gasteiger charge is -2.14. The smallest absolute Gasteiger partial charge is 0.255 e. The highest BCUT2D eigenvalue weighted by molar-refractivity contribution is 5.97. The van der Waals surface area contributed by atoms with Crippen LogP contribution in [0.2, 0.25) is 0 Å². The fourth-order valence-corrected chi connectivity index (χ4v) is 2.48. The third-order valence-corrected chi connectivity index (χ3v) is 3.53. The summed E-state index contributed by atoms with van der Waals surface area (Å²) in [5, 5.41) is 2.91. The van der Waals surface area contributed by atoms with E-state index in [0.29, 0.717) is 36.8 Å². The molecule has 0 radical (unpaired) electrons. The van der Waals surface area contributed by atoms with Gasteiger partial charge in [0.05, 0.1) is 24.9 Å². The molecule has 5 nitrogen and oxygen atoms in total. The van der Waals surface area contributed by atoms with Crippen LogP contribution in [-0.4, -0.2) is 38.4 Å². The molecule has 1 fully saturated rings. The van der Waals surface area contributed by atoms with Crippen molar-refractivity contribution in [1.82, 2.24) is 5.32 Å². The van der Waals surface area contributed by atoms with Gasteiger partial charge in [-0.3, -0.25) is 4.79 Å². The average molecular weight is 277 g/mol. The lowest BCUT2D eigenvalue weighted by molar-refractivity contribution is 0.0854. The maximum absolute atomic E-state index is 12.3. The van der Waals surface area contributed by atoms with Crippen molar-refractivity contribution in [3.8, 4) is 11.5 Å². The molecule has 3 rings (SSSR count). The number of rotatable bonds is 3. The first-order valence-electron chi connectivity index (χ1n) is 7.13. The molecule has 20 heavy (non-hydrogen) atoms. The van der Waals surface area contributed by atoms with Crippen LogP contribution in [0.15, 0.2) is 18.2 Å². The van der Waals surface area contributed by atoms with Crippen LogP contribution in [0, 0.1) is 0 Å². The minimum absolute atomic E-state index is 0.136. The van der Waals surface area contributed by atoms with Gasteiger partial charge in [-0.05, 0) is 25.0 Å². The molecule has 108 valence electrons. The second-order valence-corrected chi connectivity index (χ2v) is 5.03. The highest BCUT2D eigenvalue weighted by atomic mass is 16.5. The van der Waals surface area contributed by atoms with E-state index in [0.717, 1.165) is 25.9 Å². The predicted molar refractivity (Wildman–Crippen MR) is 73.4 cm³/mol. The van der Waals surface area contributed by atoms with Crippen molar-refractivity contribution < 1.29 is 19.0 Å². The van der Waals surface area contributed by atoms with Gasteiger partial charge in [0.25, 0.3) is 5.91 Å². The highest BCUT2D eigenvalue weighted by Crippen LogP contribution is 2.33. The maximum Gasteiger partial charge on any atom is 0.255 e. The lowest BCUT2D eigenvalue weighted by Crippen LogP contribution is -2.32. The van der Waals surface area contributed by atoms with Gasteiger partial charge >= 0.3 is 0 Å². The molecular formula is C15H19NO4. The second kappa shape index (κ2) is 6.13. The minimum Gasteiger partial charge on any atom is -0.490 e. The predicted octanol–water partition coefficient (Wildman–Crippen LogP) is 1.76. The number of amides is 1. The number of nitrogens with one attached hydrogen (secondary N) is 1. The summed E-state index contributed by atoms with van der Waals surface area (Å²) < 4.78 is 16.7. The van der Waals surface area contributed by atoms with Crippen LogP contribution < -0.4 is 14.8 Å². The summed E-state index contributed by atoms with van der Waals surface area (Å²) in [5.41, 5.74) is 0.530. The summed E-state index contributed by atoms with van der Waals surface area (Å²) in [5.74, 6) is 1.06. The van der Waals surface area contributed by atoms with E-state index >= 15 is 0 Å². The molecule has 0 aliphatic carbocycles. The summed E-state index contributed by atoms with van der Waals surface area (Å²) in [7, 11) is 0. The Morgan fingerprint density at radius 2 is 2.10 bits per heavy atom. The zero-order valence-electron chi connectivity index (χ0n) is 11.4. The number of carbonyl (C=O) groups is 1. The Kier molecular flexibility index (Phi) is 4.06. The Labute approximate surface area is 118 Å². The Hall–Kier alpha value is -1.75. The van der Waals surface area contributed by atoms with Crippen molar-refractivity contribution in [3.05, 3.63) is 23.8 Å². The Morgan fingerprint density at radius 1 is 1.20 bits per heavy atom. The van der Waals surface area contributed by atoms with Crippen molar-refractivity contribution in [1.29, 1.82) is 0 Å². The zero-order chi connectivity index (χ0) is 13.8. The second-order valence-electron chi connectivity index (χ2n) is 5.03. The van der Waals surface area contributed by atoms with Gasteiger partial charge in [0, 0.05) is 19.6 Å². The first-order valence-corrected chi connectivity index (χ1v) is 7.13. The summed E-state index contributed by atoms with van der Waals surface area (Å²) in [4.78, 5) is 12.3. The van der Waals surface area contributed by atoms with Crippen LogP contribution in [0.25, 0.3) is 0 Å². The van der Waals surface area contributed by atoms with Gasteiger partial charge in [-0.1, -0.05) is 6.07 Å². The van der Waals surface area contributed by atoms with E-state index in [2.05, 4.69) is 5.32 Å². The first kappa shape index (κ1) is 13.2. The van der Waals surface area contributed by atoms with Crippen LogP contribution in [0.4, 0.5) is 0 Å². The van der Waals surface area contributed by atoms with E-state index in [1.54, 1.807) is 6.07 Å². The Balaban J connectivity index is 1.70. The molecule has 2 aliphatic heterocycles. The van der Waals surface area contributed by atoms with Gasteiger partial charge in [0.15, 0.2) is 11.5 Å². The molecule has 0 aromatic heterocycles. The molecule has 1 aromatic rings. The number of carbonyl (C=O) groups excluding carboxylic acids is 1. The number of fused-ring (bicyclic) bond motifs is 1. The Morgan fingerprint density at radius 3 is 2.95 bits per heavy atom. The molecule has 2 aliphatic rings. The summed E-state index contributed by atoms with van der Waals surface area (Å²) in [6.07, 6.45) is 3.04. The van der Waals surface area contributed by atoms with Gasteiger partial charge in [-0.15, -0.1) is 0 Å².